The molecule has 0 bridgehead atoms. The summed E-state index contributed by atoms with van der Waals surface area (Å²) in [5.74, 6) is -0.947. The van der Waals surface area contributed by atoms with Crippen LogP contribution in [0.4, 0.5) is 0 Å². The number of imidazole rings is 1. The molecule has 170 valence electrons. The predicted molar refractivity (Wildman–Crippen MR) is 129 cm³/mol. The number of aryl methyl sites for hydroxylation is 3. The highest BCUT2D eigenvalue weighted by Gasteiger charge is 2.23. The van der Waals surface area contributed by atoms with Gasteiger partial charge in [0.1, 0.15) is 0 Å². The second-order valence-electron chi connectivity index (χ2n) is 8.84. The Morgan fingerprint density at radius 1 is 1.15 bits per heavy atom. The van der Waals surface area contributed by atoms with Gasteiger partial charge in [-0.3, -0.25) is 13.9 Å². The monoisotopic (exact) mass is 444 g/mol. The maximum atomic E-state index is 13.7. The van der Waals surface area contributed by atoms with E-state index in [1.54, 1.807) is 27.3 Å². The number of nitriles is 1. The molecule has 2 aromatic heterocycles. The summed E-state index contributed by atoms with van der Waals surface area (Å²) in [6.45, 7) is 6.48. The molecule has 0 aliphatic carbocycles. The van der Waals surface area contributed by atoms with Crippen molar-refractivity contribution < 1.29 is 9.90 Å². The van der Waals surface area contributed by atoms with Crippen LogP contribution in [0.25, 0.3) is 21.9 Å². The van der Waals surface area contributed by atoms with Crippen LogP contribution in [0.3, 0.4) is 0 Å². The van der Waals surface area contributed by atoms with Crippen LogP contribution in [0.2, 0.25) is 0 Å². The summed E-state index contributed by atoms with van der Waals surface area (Å²) in [5.41, 5.74) is 5.97. The van der Waals surface area contributed by atoms with Crippen LogP contribution in [0.1, 0.15) is 54.5 Å². The van der Waals surface area contributed by atoms with E-state index in [2.05, 4.69) is 42.8 Å². The van der Waals surface area contributed by atoms with Crippen molar-refractivity contribution in [3.63, 3.8) is 0 Å². The Morgan fingerprint density at radius 3 is 2.58 bits per heavy atom. The van der Waals surface area contributed by atoms with Crippen molar-refractivity contribution in [2.75, 3.05) is 0 Å². The average Bonchev–Trinajstić information content (AvgIpc) is 3.21. The summed E-state index contributed by atoms with van der Waals surface area (Å²) >= 11 is 0. The summed E-state index contributed by atoms with van der Waals surface area (Å²) in [4.78, 5) is 25.3. The lowest BCUT2D eigenvalue weighted by Crippen LogP contribution is -2.29. The second-order valence-corrected chi connectivity index (χ2v) is 8.84. The van der Waals surface area contributed by atoms with E-state index in [4.69, 9.17) is 0 Å². The van der Waals surface area contributed by atoms with Gasteiger partial charge >= 0.3 is 11.7 Å². The number of fused-ring (bicyclic) bond motifs is 2. The molecule has 0 unspecified atom stereocenters. The molecule has 0 amide bonds. The first kappa shape index (κ1) is 22.4. The number of carboxylic acid groups (broad SMARTS) is 1. The highest BCUT2D eigenvalue weighted by molar-refractivity contribution is 5.88. The molecule has 4 rings (SSSR count). The van der Waals surface area contributed by atoms with Crippen molar-refractivity contribution in [3.8, 4) is 6.07 Å². The fourth-order valence-electron chi connectivity index (χ4n) is 5.01. The number of rotatable bonds is 7. The molecule has 1 N–H and O–H groups in total. The van der Waals surface area contributed by atoms with Crippen LogP contribution in [0, 0.1) is 25.2 Å². The van der Waals surface area contributed by atoms with Gasteiger partial charge in [-0.1, -0.05) is 19.4 Å². The van der Waals surface area contributed by atoms with Crippen molar-refractivity contribution >= 4 is 27.9 Å². The summed E-state index contributed by atoms with van der Waals surface area (Å²) in [6, 6.07) is 11.1. The molecule has 0 aliphatic heterocycles. The first-order chi connectivity index (χ1) is 15.7. The van der Waals surface area contributed by atoms with E-state index in [9.17, 15) is 20.0 Å². The molecule has 4 aromatic rings. The summed E-state index contributed by atoms with van der Waals surface area (Å²) < 4.78 is 5.36. The van der Waals surface area contributed by atoms with Crippen molar-refractivity contribution in [3.05, 3.63) is 69.3 Å². The Hall–Kier alpha value is -3.79. The van der Waals surface area contributed by atoms with Gasteiger partial charge in [0.05, 0.1) is 35.6 Å². The summed E-state index contributed by atoms with van der Waals surface area (Å²) in [5, 5.41) is 20.0. The third kappa shape index (κ3) is 3.93. The molecular formula is C26H28N4O3. The molecule has 2 aromatic carbocycles. The van der Waals surface area contributed by atoms with Gasteiger partial charge in [-0.2, -0.15) is 5.26 Å². The van der Waals surface area contributed by atoms with Gasteiger partial charge in [0.25, 0.3) is 0 Å². The van der Waals surface area contributed by atoms with Crippen LogP contribution in [-0.4, -0.2) is 24.8 Å². The third-order valence-corrected chi connectivity index (χ3v) is 6.33. The van der Waals surface area contributed by atoms with E-state index >= 15 is 0 Å². The van der Waals surface area contributed by atoms with Crippen molar-refractivity contribution in [1.29, 1.82) is 5.26 Å². The lowest BCUT2D eigenvalue weighted by atomic mass is 10.0. The Labute approximate surface area is 192 Å². The summed E-state index contributed by atoms with van der Waals surface area (Å²) in [7, 11) is 2.00. The minimum absolute atomic E-state index is 0.143. The number of nitrogens with zero attached hydrogens (tertiary/aromatic N) is 4. The zero-order valence-electron chi connectivity index (χ0n) is 19.4. The van der Waals surface area contributed by atoms with Gasteiger partial charge in [-0.15, -0.1) is 0 Å². The molecule has 33 heavy (non-hydrogen) atoms. The van der Waals surface area contributed by atoms with E-state index in [1.165, 1.54) is 5.56 Å². The molecule has 7 heteroatoms. The van der Waals surface area contributed by atoms with E-state index in [-0.39, 0.29) is 12.1 Å². The minimum atomic E-state index is -0.947. The lowest BCUT2D eigenvalue weighted by Gasteiger charge is -2.16. The van der Waals surface area contributed by atoms with Crippen LogP contribution in [0.15, 0.2) is 41.3 Å². The zero-order valence-corrected chi connectivity index (χ0v) is 19.4. The van der Waals surface area contributed by atoms with E-state index in [0.29, 0.717) is 29.6 Å². The molecule has 0 radical (unpaired) electrons. The highest BCUT2D eigenvalue weighted by atomic mass is 16.4. The van der Waals surface area contributed by atoms with Gasteiger partial charge < -0.3 is 9.67 Å². The largest absolute Gasteiger partial charge is 0.481 e. The molecule has 1 atom stereocenters. The van der Waals surface area contributed by atoms with Crippen LogP contribution < -0.4 is 5.69 Å². The summed E-state index contributed by atoms with van der Waals surface area (Å²) in [6.07, 6.45) is 3.22. The van der Waals surface area contributed by atoms with Gasteiger partial charge in [0.15, 0.2) is 0 Å². The average molecular weight is 445 g/mol. The van der Waals surface area contributed by atoms with E-state index in [0.717, 1.165) is 28.5 Å². The molecule has 0 saturated heterocycles. The van der Waals surface area contributed by atoms with Crippen LogP contribution >= 0.6 is 0 Å². The lowest BCUT2D eigenvalue weighted by molar-refractivity contribution is -0.137. The fraction of sp³-hybridized carbons (Fsp3) is 0.346. The molecule has 0 spiro atoms. The number of aliphatic carboxylic acids is 1. The normalized spacial score (nSPS) is 12.3. The molecule has 0 fully saturated rings. The van der Waals surface area contributed by atoms with Gasteiger partial charge in [0, 0.05) is 30.2 Å². The van der Waals surface area contributed by atoms with Crippen molar-refractivity contribution in [2.45, 2.75) is 52.6 Å². The van der Waals surface area contributed by atoms with Crippen LogP contribution in [-0.2, 0) is 18.4 Å². The van der Waals surface area contributed by atoms with Crippen LogP contribution in [0.5, 0.6) is 0 Å². The molecule has 0 aliphatic rings. The smallest absolute Gasteiger partial charge is 0.329 e. The topological polar surface area (TPSA) is 92.9 Å². The number of hydrogen-bond donors (Lipinski definition) is 1. The predicted octanol–water partition coefficient (Wildman–Crippen LogP) is 4.65. The zero-order chi connectivity index (χ0) is 23.9. The number of carboxylic acids is 1. The van der Waals surface area contributed by atoms with Gasteiger partial charge in [0.2, 0.25) is 0 Å². The van der Waals surface area contributed by atoms with Gasteiger partial charge in [-0.25, -0.2) is 4.79 Å². The quantitative estimate of drug-likeness (QED) is 0.449. The number of aromatic nitrogens is 3. The van der Waals surface area contributed by atoms with E-state index in [1.807, 2.05) is 14.0 Å². The standard InChI is InChI=1S/C26H28N4O3/c1-5-6-20(12-24(31)32)30-22-11-18(13-27)7-8-21(22)29(26(30)33)15-19-14-28(4)23-10-16(2)9-17(3)25(19)23/h7-11,14,20H,5-6,12,15H2,1-4H3,(H,31,32)/t20-/m0/s1. The number of benzene rings is 2. The van der Waals surface area contributed by atoms with E-state index < -0.39 is 12.0 Å². The fourth-order valence-corrected chi connectivity index (χ4v) is 5.01. The Kier molecular flexibility index (Phi) is 5.86. The minimum Gasteiger partial charge on any atom is -0.481 e. The number of carbonyl (C=O) groups is 1. The Bertz CT molecular complexity index is 1480. The maximum Gasteiger partial charge on any atom is 0.329 e. The molecule has 7 nitrogen and oxygen atoms in total. The van der Waals surface area contributed by atoms with Crippen molar-refractivity contribution in [2.24, 2.45) is 7.05 Å². The first-order valence-electron chi connectivity index (χ1n) is 11.2. The number of hydrogen-bond acceptors (Lipinski definition) is 3. The molecular weight excluding hydrogens is 416 g/mol. The molecule has 0 saturated carbocycles. The first-order valence-corrected chi connectivity index (χ1v) is 11.2. The Morgan fingerprint density at radius 2 is 1.91 bits per heavy atom. The second kappa shape index (κ2) is 8.62. The SMILES string of the molecule is CCC[C@@H](CC(=O)O)n1c(=O)n(Cc2cn(C)c3cc(C)cc(C)c23)c2ccc(C#N)cc21. The van der Waals surface area contributed by atoms with Gasteiger partial charge in [-0.05, 0) is 61.2 Å². The Balaban J connectivity index is 1.95. The third-order valence-electron chi connectivity index (χ3n) is 6.33. The highest BCUT2D eigenvalue weighted by Crippen LogP contribution is 2.29. The maximum absolute atomic E-state index is 13.7. The molecule has 2 heterocycles. The van der Waals surface area contributed by atoms with Crippen molar-refractivity contribution in [1.82, 2.24) is 13.7 Å².